The van der Waals surface area contributed by atoms with E-state index in [1.807, 2.05) is 66.7 Å². The van der Waals surface area contributed by atoms with Crippen LogP contribution >= 0.6 is 15.9 Å². The molecule has 0 aliphatic heterocycles. The lowest BCUT2D eigenvalue weighted by molar-refractivity contribution is 1.60. The summed E-state index contributed by atoms with van der Waals surface area (Å²) in [6, 6.07) is 18.0. The van der Waals surface area contributed by atoms with Gasteiger partial charge in [-0.25, -0.2) is 0 Å². The third kappa shape index (κ3) is 3.62. The van der Waals surface area contributed by atoms with E-state index < -0.39 is 0 Å². The molecule has 0 aliphatic rings. The summed E-state index contributed by atoms with van der Waals surface area (Å²) in [5, 5.41) is 0. The Morgan fingerprint density at radius 1 is 0.882 bits per heavy atom. The smallest absolute Gasteiger partial charge is 0.0248 e. The second kappa shape index (κ2) is 6.08. The average Bonchev–Trinajstić information content (AvgIpc) is 2.38. The maximum absolute atomic E-state index is 3.49. The van der Waals surface area contributed by atoms with E-state index in [-0.39, 0.29) is 0 Å². The molecule has 0 saturated heterocycles. The van der Waals surface area contributed by atoms with Gasteiger partial charge < -0.3 is 0 Å². The monoisotopic (exact) mass is 282 g/mol. The summed E-state index contributed by atoms with van der Waals surface area (Å²) in [6.45, 7) is 0. The quantitative estimate of drug-likeness (QED) is 0.675. The Labute approximate surface area is 110 Å². The molecule has 0 atom stereocenters. The minimum atomic E-state index is 1.03. The summed E-state index contributed by atoms with van der Waals surface area (Å²) < 4.78 is 1.08. The molecular weight excluding hydrogens is 272 g/mol. The average molecular weight is 283 g/mol. The summed E-state index contributed by atoms with van der Waals surface area (Å²) in [5.41, 5.74) is 2.17. The summed E-state index contributed by atoms with van der Waals surface area (Å²) in [7, 11) is 0. The van der Waals surface area contributed by atoms with Crippen molar-refractivity contribution in [2.24, 2.45) is 0 Å². The molecule has 0 heterocycles. The zero-order valence-electron chi connectivity index (χ0n) is 9.23. The molecule has 2 aromatic rings. The minimum absolute atomic E-state index is 1.03. The van der Waals surface area contributed by atoms with Gasteiger partial charge in [0, 0.05) is 10.0 Å². The van der Waals surface area contributed by atoms with Gasteiger partial charge >= 0.3 is 0 Å². The summed E-state index contributed by atoms with van der Waals surface area (Å²) >= 11 is 3.49. The SMILES string of the molecule is Brc1ccccc1/C=C/C#Cc1ccccc1. The molecule has 0 nitrogen and oxygen atoms in total. The van der Waals surface area contributed by atoms with Crippen LogP contribution in [0.15, 0.2) is 65.1 Å². The maximum Gasteiger partial charge on any atom is 0.0248 e. The maximum atomic E-state index is 3.49. The van der Waals surface area contributed by atoms with Gasteiger partial charge in [-0.15, -0.1) is 0 Å². The van der Waals surface area contributed by atoms with Crippen LogP contribution in [-0.4, -0.2) is 0 Å². The number of benzene rings is 2. The van der Waals surface area contributed by atoms with E-state index >= 15 is 0 Å². The van der Waals surface area contributed by atoms with E-state index in [0.717, 1.165) is 15.6 Å². The van der Waals surface area contributed by atoms with E-state index in [9.17, 15) is 0 Å². The predicted octanol–water partition coefficient (Wildman–Crippen LogP) is 4.51. The van der Waals surface area contributed by atoms with Crippen molar-refractivity contribution in [3.63, 3.8) is 0 Å². The molecule has 0 aliphatic carbocycles. The van der Waals surface area contributed by atoms with Crippen molar-refractivity contribution in [1.82, 2.24) is 0 Å². The molecule has 0 N–H and O–H groups in total. The summed E-state index contributed by atoms with van der Waals surface area (Å²) in [6.07, 6.45) is 3.87. The zero-order valence-corrected chi connectivity index (χ0v) is 10.8. The fourth-order valence-corrected chi connectivity index (χ4v) is 1.81. The highest BCUT2D eigenvalue weighted by Gasteiger charge is 1.90. The Kier molecular flexibility index (Phi) is 4.18. The van der Waals surface area contributed by atoms with Crippen molar-refractivity contribution in [2.75, 3.05) is 0 Å². The lowest BCUT2D eigenvalue weighted by atomic mass is 10.2. The summed E-state index contributed by atoms with van der Waals surface area (Å²) in [5.74, 6) is 6.11. The molecular formula is C16H11Br. The number of hydrogen-bond acceptors (Lipinski definition) is 0. The second-order valence-electron chi connectivity index (χ2n) is 3.49. The zero-order chi connectivity index (χ0) is 11.9. The van der Waals surface area contributed by atoms with Crippen LogP contribution < -0.4 is 0 Å². The summed E-state index contributed by atoms with van der Waals surface area (Å²) in [4.78, 5) is 0. The van der Waals surface area contributed by atoms with E-state index in [0.29, 0.717) is 0 Å². The van der Waals surface area contributed by atoms with Crippen LogP contribution in [0.4, 0.5) is 0 Å². The molecule has 82 valence electrons. The number of rotatable bonds is 1. The molecule has 0 fully saturated rings. The van der Waals surface area contributed by atoms with Gasteiger partial charge in [-0.05, 0) is 35.9 Å². The van der Waals surface area contributed by atoms with E-state index in [1.165, 1.54) is 0 Å². The first-order valence-electron chi connectivity index (χ1n) is 5.34. The first kappa shape index (κ1) is 11.7. The highest BCUT2D eigenvalue weighted by molar-refractivity contribution is 9.10. The standard InChI is InChI=1S/C16H11Br/c17-16-13-7-6-12-15(16)11-5-4-10-14-8-2-1-3-9-14/h1-3,5-9,11-13H/b11-5+. The lowest BCUT2D eigenvalue weighted by Gasteiger charge is -1.94. The molecule has 17 heavy (non-hydrogen) atoms. The van der Waals surface area contributed by atoms with Crippen molar-refractivity contribution in [3.8, 4) is 11.8 Å². The molecule has 0 radical (unpaired) electrons. The fraction of sp³-hybridized carbons (Fsp3) is 0. The van der Waals surface area contributed by atoms with Gasteiger partial charge in [0.05, 0.1) is 0 Å². The van der Waals surface area contributed by atoms with Gasteiger partial charge in [0.2, 0.25) is 0 Å². The first-order chi connectivity index (χ1) is 8.36. The van der Waals surface area contributed by atoms with Crippen LogP contribution in [0.25, 0.3) is 6.08 Å². The number of allylic oxidation sites excluding steroid dienone is 1. The Morgan fingerprint density at radius 2 is 1.59 bits per heavy atom. The fourth-order valence-electron chi connectivity index (χ4n) is 1.39. The van der Waals surface area contributed by atoms with Gasteiger partial charge in [-0.1, -0.05) is 64.2 Å². The molecule has 0 saturated carbocycles. The van der Waals surface area contributed by atoms with Crippen LogP contribution in [0.1, 0.15) is 11.1 Å². The van der Waals surface area contributed by atoms with Crippen molar-refractivity contribution in [3.05, 3.63) is 76.3 Å². The Bertz CT molecular complexity index is 571. The van der Waals surface area contributed by atoms with Crippen LogP contribution in [0.5, 0.6) is 0 Å². The third-order valence-corrected chi connectivity index (χ3v) is 2.96. The molecule has 0 unspecified atom stereocenters. The number of halogens is 1. The minimum Gasteiger partial charge on any atom is -0.0696 e. The highest BCUT2D eigenvalue weighted by atomic mass is 79.9. The predicted molar refractivity (Wildman–Crippen MR) is 76.5 cm³/mol. The molecule has 0 bridgehead atoms. The normalized spacial score (nSPS) is 9.94. The van der Waals surface area contributed by atoms with Crippen LogP contribution in [0.2, 0.25) is 0 Å². The van der Waals surface area contributed by atoms with E-state index in [1.54, 1.807) is 0 Å². The van der Waals surface area contributed by atoms with Crippen molar-refractivity contribution < 1.29 is 0 Å². The van der Waals surface area contributed by atoms with Crippen LogP contribution in [0, 0.1) is 11.8 Å². The Hall–Kier alpha value is -1.78. The van der Waals surface area contributed by atoms with Gasteiger partial charge in [0.1, 0.15) is 0 Å². The third-order valence-electron chi connectivity index (χ3n) is 2.24. The van der Waals surface area contributed by atoms with Crippen molar-refractivity contribution >= 4 is 22.0 Å². The molecule has 2 aromatic carbocycles. The molecule has 0 aromatic heterocycles. The van der Waals surface area contributed by atoms with E-state index in [2.05, 4.69) is 27.8 Å². The first-order valence-corrected chi connectivity index (χ1v) is 6.13. The van der Waals surface area contributed by atoms with Crippen LogP contribution in [0.3, 0.4) is 0 Å². The topological polar surface area (TPSA) is 0 Å². The van der Waals surface area contributed by atoms with Gasteiger partial charge in [0.25, 0.3) is 0 Å². The largest absolute Gasteiger partial charge is 0.0696 e. The van der Waals surface area contributed by atoms with Gasteiger partial charge in [-0.2, -0.15) is 0 Å². The highest BCUT2D eigenvalue weighted by Crippen LogP contribution is 2.16. The molecule has 0 amide bonds. The van der Waals surface area contributed by atoms with Gasteiger partial charge in [-0.3, -0.25) is 0 Å². The van der Waals surface area contributed by atoms with E-state index in [4.69, 9.17) is 0 Å². The van der Waals surface area contributed by atoms with Crippen molar-refractivity contribution in [2.45, 2.75) is 0 Å². The Balaban J connectivity index is 2.09. The second-order valence-corrected chi connectivity index (χ2v) is 4.34. The van der Waals surface area contributed by atoms with Crippen molar-refractivity contribution in [1.29, 1.82) is 0 Å². The number of hydrogen-bond donors (Lipinski definition) is 0. The molecule has 0 spiro atoms. The molecule has 1 heteroatoms. The lowest BCUT2D eigenvalue weighted by Crippen LogP contribution is -1.73. The van der Waals surface area contributed by atoms with Gasteiger partial charge in [0.15, 0.2) is 0 Å². The molecule has 2 rings (SSSR count). The Morgan fingerprint density at radius 3 is 2.35 bits per heavy atom. The van der Waals surface area contributed by atoms with Crippen LogP contribution in [-0.2, 0) is 0 Å².